The molecule has 2 aromatic carbocycles. The number of piperidine rings is 1. The molecular weight excluding hydrogens is 432 g/mol. The van der Waals surface area contributed by atoms with Gasteiger partial charge in [0.2, 0.25) is 11.6 Å². The fraction of sp³-hybridized carbons (Fsp3) is 0.423. The molecule has 8 nitrogen and oxygen atoms in total. The second-order valence-corrected chi connectivity index (χ2v) is 9.10. The van der Waals surface area contributed by atoms with Gasteiger partial charge in [-0.15, -0.1) is 5.10 Å². The maximum atomic E-state index is 11.7. The van der Waals surface area contributed by atoms with Crippen molar-refractivity contribution in [3.05, 3.63) is 65.4 Å². The number of ether oxygens (including phenoxy) is 2. The molecule has 0 radical (unpaired) electrons. The first kappa shape index (κ1) is 22.3. The zero-order chi connectivity index (χ0) is 23.5. The summed E-state index contributed by atoms with van der Waals surface area (Å²) in [7, 11) is 1.62. The van der Waals surface area contributed by atoms with Crippen LogP contribution in [0.3, 0.4) is 0 Å². The van der Waals surface area contributed by atoms with E-state index in [4.69, 9.17) is 9.47 Å². The molecule has 1 saturated carbocycles. The van der Waals surface area contributed by atoms with Crippen molar-refractivity contribution in [3.63, 3.8) is 0 Å². The van der Waals surface area contributed by atoms with Gasteiger partial charge >= 0.3 is 5.97 Å². The van der Waals surface area contributed by atoms with Crippen molar-refractivity contribution < 1.29 is 19.4 Å². The average Bonchev–Trinajstić information content (AvgIpc) is 3.24. The highest BCUT2D eigenvalue weighted by Crippen LogP contribution is 2.40. The highest BCUT2D eigenvalue weighted by molar-refractivity contribution is 5.87. The van der Waals surface area contributed by atoms with E-state index in [0.29, 0.717) is 12.5 Å². The van der Waals surface area contributed by atoms with E-state index in [1.54, 1.807) is 7.11 Å². The van der Waals surface area contributed by atoms with Crippen molar-refractivity contribution in [2.75, 3.05) is 25.1 Å². The fourth-order valence-corrected chi connectivity index (χ4v) is 4.76. The summed E-state index contributed by atoms with van der Waals surface area (Å²) in [6.45, 7) is 2.65. The number of aromatic carboxylic acids is 1. The maximum Gasteiger partial charge on any atom is 0.362 e. The summed E-state index contributed by atoms with van der Waals surface area (Å²) in [6, 6.07) is 16.5. The largest absolute Gasteiger partial charge is 0.497 e. The molecule has 178 valence electrons. The number of aromatic nitrogens is 3. The van der Waals surface area contributed by atoms with Crippen LogP contribution in [0.25, 0.3) is 0 Å². The highest BCUT2D eigenvalue weighted by Gasteiger charge is 2.34. The molecular formula is C26H30N4O4. The Hall–Kier alpha value is -3.55. The molecule has 1 saturated heterocycles. The first-order valence-corrected chi connectivity index (χ1v) is 11.9. The lowest BCUT2D eigenvalue weighted by atomic mass is 9.77. The van der Waals surface area contributed by atoms with E-state index in [9.17, 15) is 9.90 Å². The number of rotatable bonds is 8. The standard InChI is InChI=1S/C26H30N4O4/c1-33-22-11-5-18(6-12-22)17-30-25(24(26(31)32)27-28-30)34-23-15-20(16-23)19-7-9-21(10-8-19)29-13-3-2-4-14-29/h5-12,20,23H,2-4,13-17H2,1H3,(H,31,32). The monoisotopic (exact) mass is 462 g/mol. The zero-order valence-corrected chi connectivity index (χ0v) is 19.4. The molecule has 34 heavy (non-hydrogen) atoms. The van der Waals surface area contributed by atoms with Gasteiger partial charge in [-0.25, -0.2) is 9.48 Å². The molecule has 1 aliphatic carbocycles. The van der Waals surface area contributed by atoms with Crippen LogP contribution in [0, 0.1) is 0 Å². The van der Waals surface area contributed by atoms with Gasteiger partial charge in [0.1, 0.15) is 11.9 Å². The minimum Gasteiger partial charge on any atom is -0.497 e. The maximum absolute atomic E-state index is 11.7. The number of hydrogen-bond acceptors (Lipinski definition) is 6. The number of anilines is 1. The number of carbonyl (C=O) groups is 1. The summed E-state index contributed by atoms with van der Waals surface area (Å²) >= 11 is 0. The van der Waals surface area contributed by atoms with Crippen LogP contribution in [0.2, 0.25) is 0 Å². The second kappa shape index (κ2) is 9.75. The number of methoxy groups -OCH3 is 1. The molecule has 0 amide bonds. The molecule has 0 atom stereocenters. The van der Waals surface area contributed by atoms with Crippen LogP contribution in [0.5, 0.6) is 11.6 Å². The predicted octanol–water partition coefficient (Wildman–Crippen LogP) is 4.35. The zero-order valence-electron chi connectivity index (χ0n) is 19.4. The van der Waals surface area contributed by atoms with Gasteiger partial charge in [0.15, 0.2) is 0 Å². The molecule has 0 unspecified atom stereocenters. The van der Waals surface area contributed by atoms with Crippen LogP contribution in [0.4, 0.5) is 5.69 Å². The van der Waals surface area contributed by atoms with Gasteiger partial charge in [-0.3, -0.25) is 0 Å². The van der Waals surface area contributed by atoms with Gasteiger partial charge in [-0.1, -0.05) is 29.5 Å². The van der Waals surface area contributed by atoms with Crippen molar-refractivity contribution in [3.8, 4) is 11.6 Å². The van der Waals surface area contributed by atoms with E-state index in [-0.39, 0.29) is 17.7 Å². The molecule has 1 aromatic heterocycles. The summed E-state index contributed by atoms with van der Waals surface area (Å²) in [5.41, 5.74) is 3.41. The van der Waals surface area contributed by atoms with Crippen molar-refractivity contribution in [2.24, 2.45) is 0 Å². The quantitative estimate of drug-likeness (QED) is 0.532. The molecule has 1 aliphatic heterocycles. The van der Waals surface area contributed by atoms with Gasteiger partial charge in [-0.2, -0.15) is 0 Å². The van der Waals surface area contributed by atoms with E-state index in [1.165, 1.54) is 35.2 Å². The first-order valence-electron chi connectivity index (χ1n) is 11.9. The first-order chi connectivity index (χ1) is 16.6. The van der Waals surface area contributed by atoms with Gasteiger partial charge in [0, 0.05) is 18.8 Å². The van der Waals surface area contributed by atoms with Crippen LogP contribution < -0.4 is 14.4 Å². The van der Waals surface area contributed by atoms with Crippen molar-refractivity contribution in [2.45, 2.75) is 50.7 Å². The fourth-order valence-electron chi connectivity index (χ4n) is 4.76. The van der Waals surface area contributed by atoms with Gasteiger partial charge in [0.25, 0.3) is 0 Å². The molecule has 0 bridgehead atoms. The Bertz CT molecular complexity index is 1110. The molecule has 8 heteroatoms. The van der Waals surface area contributed by atoms with E-state index >= 15 is 0 Å². The highest BCUT2D eigenvalue weighted by atomic mass is 16.5. The summed E-state index contributed by atoms with van der Waals surface area (Å²) < 4.78 is 12.8. The van der Waals surface area contributed by atoms with Crippen LogP contribution in [0.15, 0.2) is 48.5 Å². The predicted molar refractivity (Wildman–Crippen MR) is 128 cm³/mol. The second-order valence-electron chi connectivity index (χ2n) is 9.10. The van der Waals surface area contributed by atoms with Gasteiger partial charge in [-0.05, 0) is 73.4 Å². The van der Waals surface area contributed by atoms with E-state index < -0.39 is 5.97 Å². The van der Waals surface area contributed by atoms with E-state index in [0.717, 1.165) is 37.2 Å². The smallest absolute Gasteiger partial charge is 0.362 e. The summed E-state index contributed by atoms with van der Waals surface area (Å²) in [4.78, 5) is 14.2. The SMILES string of the molecule is COc1ccc(Cn2nnc(C(=O)O)c2OC2CC(c3ccc(N4CCCCC4)cc3)C2)cc1. The Morgan fingerprint density at radius 1 is 1.03 bits per heavy atom. The molecule has 2 heterocycles. The molecule has 1 N–H and O–H groups in total. The molecule has 5 rings (SSSR count). The van der Waals surface area contributed by atoms with Crippen LogP contribution in [-0.2, 0) is 6.54 Å². The molecule has 2 fully saturated rings. The van der Waals surface area contributed by atoms with Crippen molar-refractivity contribution >= 4 is 11.7 Å². The lowest BCUT2D eigenvalue weighted by Gasteiger charge is -2.36. The number of hydrogen-bond donors (Lipinski definition) is 1. The summed E-state index contributed by atoms with van der Waals surface area (Å²) in [5, 5.41) is 17.5. The van der Waals surface area contributed by atoms with E-state index in [1.807, 2.05) is 24.3 Å². The Labute approximate surface area is 199 Å². The Balaban J connectivity index is 1.22. The number of benzene rings is 2. The lowest BCUT2D eigenvalue weighted by Crippen LogP contribution is -2.33. The Kier molecular flexibility index (Phi) is 6.38. The topological polar surface area (TPSA) is 89.7 Å². The minimum absolute atomic E-state index is 0.0574. The van der Waals surface area contributed by atoms with Gasteiger partial charge in [0.05, 0.1) is 13.7 Å². The number of nitrogens with zero attached hydrogens (tertiary/aromatic N) is 4. The van der Waals surface area contributed by atoms with Crippen molar-refractivity contribution in [1.82, 2.24) is 15.0 Å². The molecule has 3 aromatic rings. The molecule has 2 aliphatic rings. The van der Waals surface area contributed by atoms with Crippen LogP contribution >= 0.6 is 0 Å². The van der Waals surface area contributed by atoms with Gasteiger partial charge < -0.3 is 19.5 Å². The lowest BCUT2D eigenvalue weighted by molar-refractivity contribution is 0.0652. The van der Waals surface area contributed by atoms with Crippen LogP contribution in [0.1, 0.15) is 59.6 Å². The average molecular weight is 463 g/mol. The van der Waals surface area contributed by atoms with E-state index in [2.05, 4.69) is 39.5 Å². The van der Waals surface area contributed by atoms with Crippen molar-refractivity contribution in [1.29, 1.82) is 0 Å². The number of carboxylic acids is 1. The minimum atomic E-state index is -1.14. The Morgan fingerprint density at radius 3 is 2.38 bits per heavy atom. The third-order valence-corrected chi connectivity index (χ3v) is 6.84. The Morgan fingerprint density at radius 2 is 1.74 bits per heavy atom. The molecule has 0 spiro atoms. The third-order valence-electron chi connectivity index (χ3n) is 6.84. The summed E-state index contributed by atoms with van der Waals surface area (Å²) in [5.74, 6) is 0.251. The summed E-state index contributed by atoms with van der Waals surface area (Å²) in [6.07, 6.45) is 5.50. The van der Waals surface area contributed by atoms with Crippen LogP contribution in [-0.4, -0.2) is 52.4 Å². The number of carboxylic acid groups (broad SMARTS) is 1. The third kappa shape index (κ3) is 4.71. The normalized spacial score (nSPS) is 20.0.